The van der Waals surface area contributed by atoms with Crippen molar-refractivity contribution in [3.8, 4) is 0 Å². The van der Waals surface area contributed by atoms with Crippen molar-refractivity contribution in [2.24, 2.45) is 0 Å². The quantitative estimate of drug-likeness (QED) is 0.768. The number of H-pyrrole nitrogens is 1. The number of pyridine rings is 1. The molecule has 5 nitrogen and oxygen atoms in total. The minimum Gasteiger partial charge on any atom is -0.396 e. The van der Waals surface area contributed by atoms with Gasteiger partial charge in [0.15, 0.2) is 0 Å². The normalized spacial score (nSPS) is 12.0. The van der Waals surface area contributed by atoms with E-state index in [0.717, 1.165) is 0 Å². The molecule has 1 aromatic rings. The summed E-state index contributed by atoms with van der Waals surface area (Å²) in [6.45, 7) is 0. The van der Waals surface area contributed by atoms with Crippen molar-refractivity contribution < 1.29 is 17.2 Å². The summed E-state index contributed by atoms with van der Waals surface area (Å²) in [6.07, 6.45) is -3.09. The van der Waals surface area contributed by atoms with Gasteiger partial charge >= 0.3 is 0 Å². The highest BCUT2D eigenvalue weighted by Gasteiger charge is 2.22. The maximum atomic E-state index is 12.3. The van der Waals surface area contributed by atoms with Gasteiger partial charge in [0.2, 0.25) is 5.56 Å². The molecule has 0 saturated heterocycles. The molecule has 3 N–H and O–H groups in total. The first kappa shape index (κ1) is 11.9. The highest BCUT2D eigenvalue weighted by atomic mass is 35.7. The lowest BCUT2D eigenvalue weighted by Gasteiger charge is -2.06. The molecule has 9 heteroatoms. The smallest absolute Gasteiger partial charge is 0.280 e. The van der Waals surface area contributed by atoms with Crippen LogP contribution in [0.5, 0.6) is 0 Å². The number of hydrogen-bond acceptors (Lipinski definition) is 4. The third-order valence-corrected chi connectivity index (χ3v) is 2.92. The van der Waals surface area contributed by atoms with E-state index in [1.54, 1.807) is 4.98 Å². The van der Waals surface area contributed by atoms with Crippen LogP contribution in [0.15, 0.2) is 15.8 Å². The number of alkyl halides is 2. The molecule has 15 heavy (non-hydrogen) atoms. The summed E-state index contributed by atoms with van der Waals surface area (Å²) in [6, 6.07) is 0.545. The first-order chi connectivity index (χ1) is 6.73. The monoisotopic (exact) mass is 258 g/mol. The Morgan fingerprint density at radius 1 is 1.47 bits per heavy atom. The molecule has 0 saturated carbocycles. The van der Waals surface area contributed by atoms with Crippen LogP contribution in [-0.2, 0) is 9.05 Å². The summed E-state index contributed by atoms with van der Waals surface area (Å²) in [7, 11) is 0.589. The molecule has 84 valence electrons. The molecular formula is C6H5ClF2N2O3S. The van der Waals surface area contributed by atoms with Crippen molar-refractivity contribution in [3.05, 3.63) is 22.1 Å². The number of nitrogen functional groups attached to an aromatic ring is 1. The standard InChI is InChI=1S/C6H5ClF2N2O3S/c7-15(13,14)2-1-3(12)11-5(4(2)10)6(8)9/h1,6H,10H2,(H,11,12). The van der Waals surface area contributed by atoms with Gasteiger partial charge in [-0.15, -0.1) is 0 Å². The van der Waals surface area contributed by atoms with Gasteiger partial charge in [-0.3, -0.25) is 4.79 Å². The fourth-order valence-electron chi connectivity index (χ4n) is 0.940. The Labute approximate surface area is 87.3 Å². The molecule has 1 aromatic heterocycles. The Hall–Kier alpha value is -1.15. The van der Waals surface area contributed by atoms with Crippen molar-refractivity contribution in [1.29, 1.82) is 0 Å². The molecule has 0 aliphatic carbocycles. The van der Waals surface area contributed by atoms with Gasteiger partial charge in [-0.25, -0.2) is 17.2 Å². The number of hydrogen-bond donors (Lipinski definition) is 2. The molecule has 0 aliphatic heterocycles. The van der Waals surface area contributed by atoms with Gasteiger partial charge in [0.05, 0.1) is 5.69 Å². The predicted molar refractivity (Wildman–Crippen MR) is 49.5 cm³/mol. The zero-order valence-corrected chi connectivity index (χ0v) is 8.57. The van der Waals surface area contributed by atoms with E-state index in [0.29, 0.717) is 6.07 Å². The van der Waals surface area contributed by atoms with Gasteiger partial charge < -0.3 is 10.7 Å². The molecule has 1 rings (SSSR count). The van der Waals surface area contributed by atoms with E-state index < -0.39 is 37.3 Å². The Balaban J connectivity index is 3.64. The second-order valence-corrected chi connectivity index (χ2v) is 5.10. The van der Waals surface area contributed by atoms with E-state index in [4.69, 9.17) is 16.4 Å². The molecule has 0 radical (unpaired) electrons. The molecule has 1 heterocycles. The lowest BCUT2D eigenvalue weighted by molar-refractivity contribution is 0.146. The number of anilines is 1. The highest BCUT2D eigenvalue weighted by Crippen LogP contribution is 2.28. The first-order valence-corrected chi connectivity index (χ1v) is 5.80. The highest BCUT2D eigenvalue weighted by molar-refractivity contribution is 8.13. The number of nitrogens with two attached hydrogens (primary N) is 1. The zero-order chi connectivity index (χ0) is 11.8. The molecule has 0 aliphatic rings. The number of halogens is 3. The Morgan fingerprint density at radius 2 is 2.00 bits per heavy atom. The van der Waals surface area contributed by atoms with Crippen LogP contribution in [0.2, 0.25) is 0 Å². The Kier molecular flexibility index (Phi) is 3.00. The largest absolute Gasteiger partial charge is 0.396 e. The third kappa shape index (κ3) is 2.45. The molecule has 0 unspecified atom stereocenters. The second kappa shape index (κ2) is 3.78. The first-order valence-electron chi connectivity index (χ1n) is 3.49. The van der Waals surface area contributed by atoms with Gasteiger partial charge in [0, 0.05) is 16.7 Å². The van der Waals surface area contributed by atoms with E-state index in [2.05, 4.69) is 0 Å². The van der Waals surface area contributed by atoms with Gasteiger partial charge in [-0.05, 0) is 0 Å². The van der Waals surface area contributed by atoms with Crippen LogP contribution in [0.4, 0.5) is 14.5 Å². The van der Waals surface area contributed by atoms with E-state index >= 15 is 0 Å². The molecule has 0 atom stereocenters. The molecule has 0 amide bonds. The minimum absolute atomic E-state index is 0.545. The number of aromatic nitrogens is 1. The maximum Gasteiger partial charge on any atom is 0.280 e. The summed E-state index contributed by atoms with van der Waals surface area (Å²) in [4.78, 5) is 11.8. The molecule has 0 aromatic carbocycles. The van der Waals surface area contributed by atoms with Gasteiger partial charge in [0.25, 0.3) is 15.5 Å². The van der Waals surface area contributed by atoms with Crippen molar-refractivity contribution in [2.75, 3.05) is 5.73 Å². The lowest BCUT2D eigenvalue weighted by atomic mass is 10.3. The fourth-order valence-corrected chi connectivity index (χ4v) is 1.94. The van der Waals surface area contributed by atoms with Crippen LogP contribution in [0, 0.1) is 0 Å². The summed E-state index contributed by atoms with van der Waals surface area (Å²) in [5.41, 5.74) is 2.40. The van der Waals surface area contributed by atoms with Crippen molar-refractivity contribution in [1.82, 2.24) is 4.98 Å². The van der Waals surface area contributed by atoms with E-state index in [9.17, 15) is 22.0 Å². The summed E-state index contributed by atoms with van der Waals surface area (Å²) >= 11 is 0. The number of rotatable bonds is 2. The average Bonchev–Trinajstić information content (AvgIpc) is 2.06. The third-order valence-electron chi connectivity index (χ3n) is 1.56. The maximum absolute atomic E-state index is 12.3. The molecule has 0 spiro atoms. The number of aromatic amines is 1. The van der Waals surface area contributed by atoms with Crippen molar-refractivity contribution >= 4 is 25.4 Å². The van der Waals surface area contributed by atoms with E-state index in [1.165, 1.54) is 0 Å². The summed E-state index contributed by atoms with van der Waals surface area (Å²) in [5, 5.41) is 0. The minimum atomic E-state index is -4.32. The summed E-state index contributed by atoms with van der Waals surface area (Å²) in [5.74, 6) is 0. The lowest BCUT2D eigenvalue weighted by Crippen LogP contribution is -2.15. The van der Waals surface area contributed by atoms with Gasteiger partial charge in [-0.1, -0.05) is 0 Å². The van der Waals surface area contributed by atoms with Crippen LogP contribution in [0.1, 0.15) is 12.1 Å². The SMILES string of the molecule is Nc1c(S(=O)(=O)Cl)cc(=O)[nH]c1C(F)F. The molecular weight excluding hydrogens is 254 g/mol. The van der Waals surface area contributed by atoms with Crippen molar-refractivity contribution in [2.45, 2.75) is 11.3 Å². The van der Waals surface area contributed by atoms with Gasteiger partial charge in [-0.2, -0.15) is 0 Å². The van der Waals surface area contributed by atoms with Crippen molar-refractivity contribution in [3.63, 3.8) is 0 Å². The van der Waals surface area contributed by atoms with Crippen LogP contribution >= 0.6 is 10.7 Å². The summed E-state index contributed by atoms with van der Waals surface area (Å²) < 4.78 is 46.3. The predicted octanol–water partition coefficient (Wildman–Crippen LogP) is 0.822. The topological polar surface area (TPSA) is 93.0 Å². The second-order valence-electron chi connectivity index (χ2n) is 2.56. The Morgan fingerprint density at radius 3 is 2.40 bits per heavy atom. The van der Waals surface area contributed by atoms with Crippen LogP contribution in [-0.4, -0.2) is 13.4 Å². The zero-order valence-electron chi connectivity index (χ0n) is 7.00. The molecule has 0 bridgehead atoms. The fraction of sp³-hybridized carbons (Fsp3) is 0.167. The average molecular weight is 259 g/mol. The van der Waals surface area contributed by atoms with E-state index in [1.807, 2.05) is 0 Å². The van der Waals surface area contributed by atoms with E-state index in [-0.39, 0.29) is 0 Å². The number of nitrogens with one attached hydrogen (secondary N) is 1. The van der Waals surface area contributed by atoms with Crippen LogP contribution in [0.25, 0.3) is 0 Å². The van der Waals surface area contributed by atoms with Crippen LogP contribution < -0.4 is 11.3 Å². The molecule has 0 fully saturated rings. The van der Waals surface area contributed by atoms with Crippen LogP contribution in [0.3, 0.4) is 0 Å². The Bertz CT molecular complexity index is 540. The van der Waals surface area contributed by atoms with Gasteiger partial charge in [0.1, 0.15) is 10.6 Å².